The number of aryl methyl sites for hydroxylation is 2. The van der Waals surface area contributed by atoms with Crippen LogP contribution in [0.4, 0.5) is 11.4 Å². The Morgan fingerprint density at radius 1 is 0.794 bits per heavy atom. The van der Waals surface area contributed by atoms with Gasteiger partial charge in [-0.1, -0.05) is 0 Å². The number of aliphatic hydroxyl groups excluding tert-OH is 1. The van der Waals surface area contributed by atoms with Crippen LogP contribution in [-0.2, 0) is 0 Å². The summed E-state index contributed by atoms with van der Waals surface area (Å²) in [6.07, 6.45) is 2.71. The molecule has 0 unspecified atom stereocenters. The number of nitrogens with zero attached hydrogens (tertiary/aromatic N) is 1. The summed E-state index contributed by atoms with van der Waals surface area (Å²) in [5.41, 5.74) is 6.83. The van der Waals surface area contributed by atoms with E-state index in [0.717, 1.165) is 21.7 Å². The van der Waals surface area contributed by atoms with Crippen LogP contribution in [0.1, 0.15) is 31.2 Å². The van der Waals surface area contributed by atoms with Crippen LogP contribution in [0.25, 0.3) is 0 Å². The molecule has 0 atom stereocenters. The van der Waals surface area contributed by atoms with Gasteiger partial charge >= 0.3 is 0 Å². The molecule has 0 bridgehead atoms. The molecule has 0 spiro atoms. The van der Waals surface area contributed by atoms with E-state index in [0.29, 0.717) is 5.69 Å². The van der Waals surface area contributed by atoms with E-state index in [-0.39, 0.29) is 18.1 Å². The van der Waals surface area contributed by atoms with E-state index in [2.05, 4.69) is 18.0 Å². The van der Waals surface area contributed by atoms with Crippen molar-refractivity contribution in [3.63, 3.8) is 0 Å². The lowest BCUT2D eigenvalue weighted by atomic mass is 10.3. The van der Waals surface area contributed by atoms with E-state index in [9.17, 15) is 4.79 Å². The van der Waals surface area contributed by atoms with Gasteiger partial charge < -0.3 is 21.1 Å². The lowest BCUT2D eigenvalue weighted by Crippen LogP contribution is -1.80. The molecule has 0 aliphatic heterocycles. The number of rotatable bonds is 3. The Morgan fingerprint density at radius 3 is 1.59 bits per heavy atom. The third-order valence-corrected chi connectivity index (χ3v) is 5.58. The average Bonchev–Trinajstić information content (AvgIpc) is 3.44. The number of nitrogen functional groups attached to an aromatic ring is 1. The van der Waals surface area contributed by atoms with Crippen LogP contribution in [0, 0.1) is 13.8 Å². The predicted molar refractivity (Wildman–Crippen MR) is 144 cm³/mol. The maximum atomic E-state index is 10.0. The summed E-state index contributed by atoms with van der Waals surface area (Å²) in [6.45, 7) is 5.99. The Hall–Kier alpha value is -3.46. The molecule has 8 heteroatoms. The number of aliphatic imine (C=N–C) groups is 1. The van der Waals surface area contributed by atoms with Crippen LogP contribution < -0.4 is 5.73 Å². The number of benzene rings is 2. The van der Waals surface area contributed by atoms with Crippen molar-refractivity contribution in [2.24, 2.45) is 4.99 Å². The largest absolute Gasteiger partial charge is 0.508 e. The number of aldehydes is 1. The Labute approximate surface area is 208 Å². The number of nitrogens with two attached hydrogens (primary N) is 1. The fourth-order valence-electron chi connectivity index (χ4n) is 2.19. The molecular weight excluding hydrogens is 468 g/mol. The van der Waals surface area contributed by atoms with Gasteiger partial charge in [0.1, 0.15) is 11.5 Å². The van der Waals surface area contributed by atoms with Crippen LogP contribution in [0.2, 0.25) is 0 Å². The molecule has 2 aromatic carbocycles. The predicted octanol–water partition coefficient (Wildman–Crippen LogP) is 6.35. The van der Waals surface area contributed by atoms with Crippen molar-refractivity contribution in [1.29, 1.82) is 0 Å². The topological polar surface area (TPSA) is 116 Å². The summed E-state index contributed by atoms with van der Waals surface area (Å²) in [5.74, 6) is 0.514. The molecule has 0 aliphatic rings. The number of aliphatic hydroxyl groups is 1. The zero-order valence-corrected chi connectivity index (χ0v) is 21.0. The molecule has 34 heavy (non-hydrogen) atoms. The van der Waals surface area contributed by atoms with Crippen molar-refractivity contribution in [3.05, 3.63) is 92.3 Å². The minimum atomic E-state index is 0.249. The number of anilines is 1. The Balaban J connectivity index is 0.000000259. The third-order valence-electron chi connectivity index (χ3n) is 3.72. The van der Waals surface area contributed by atoms with Crippen molar-refractivity contribution in [2.45, 2.75) is 20.8 Å². The quantitative estimate of drug-likeness (QED) is 0.114. The summed E-state index contributed by atoms with van der Waals surface area (Å²) in [6, 6.07) is 21.1. The van der Waals surface area contributed by atoms with Gasteiger partial charge in [0.05, 0.1) is 10.6 Å². The van der Waals surface area contributed by atoms with Crippen LogP contribution >= 0.6 is 22.7 Å². The van der Waals surface area contributed by atoms with Gasteiger partial charge in [-0.25, -0.2) is 0 Å². The molecule has 180 valence electrons. The second kappa shape index (κ2) is 16.2. The van der Waals surface area contributed by atoms with Crippen molar-refractivity contribution in [2.75, 3.05) is 12.3 Å². The number of phenols is 2. The SMILES string of the molecule is CCO.Cc1ccc(C=Nc2ccc(O)cc2)s1.Cc1ccc(C=O)s1.Nc1ccc(O)cc1. The Kier molecular flexibility index (Phi) is 13.6. The van der Waals surface area contributed by atoms with Gasteiger partial charge in [-0.05, 0) is 93.6 Å². The fraction of sp³-hybridized carbons (Fsp3) is 0.154. The highest BCUT2D eigenvalue weighted by atomic mass is 32.1. The van der Waals surface area contributed by atoms with Crippen LogP contribution in [0.15, 0.2) is 77.8 Å². The van der Waals surface area contributed by atoms with Gasteiger partial charge in [-0.2, -0.15) is 0 Å². The van der Waals surface area contributed by atoms with E-state index in [1.807, 2.05) is 31.3 Å². The second-order valence-electron chi connectivity index (χ2n) is 6.70. The second-order valence-corrected chi connectivity index (χ2v) is 9.34. The number of phenolic OH excluding ortho intramolecular Hbond substituents is 2. The highest BCUT2D eigenvalue weighted by Gasteiger charge is 1.93. The van der Waals surface area contributed by atoms with Crippen LogP contribution in [0.5, 0.6) is 11.5 Å². The Morgan fingerprint density at radius 2 is 1.24 bits per heavy atom. The molecule has 2 heterocycles. The van der Waals surface area contributed by atoms with Crippen LogP contribution in [0.3, 0.4) is 0 Å². The number of hydrogen-bond donors (Lipinski definition) is 4. The molecule has 0 aliphatic carbocycles. The summed E-state index contributed by atoms with van der Waals surface area (Å²) in [4.78, 5) is 18.7. The third kappa shape index (κ3) is 12.5. The first-order valence-electron chi connectivity index (χ1n) is 10.3. The highest BCUT2D eigenvalue weighted by Crippen LogP contribution is 2.18. The first-order chi connectivity index (χ1) is 16.3. The van der Waals surface area contributed by atoms with E-state index in [1.165, 1.54) is 21.1 Å². The van der Waals surface area contributed by atoms with E-state index in [1.54, 1.807) is 66.8 Å². The van der Waals surface area contributed by atoms with Crippen molar-refractivity contribution in [1.82, 2.24) is 0 Å². The molecule has 0 saturated heterocycles. The summed E-state index contributed by atoms with van der Waals surface area (Å²) < 4.78 is 0. The smallest absolute Gasteiger partial charge is 0.160 e. The maximum absolute atomic E-state index is 10.0. The summed E-state index contributed by atoms with van der Waals surface area (Å²) >= 11 is 3.23. The summed E-state index contributed by atoms with van der Waals surface area (Å²) in [7, 11) is 0. The average molecular weight is 499 g/mol. The minimum Gasteiger partial charge on any atom is -0.508 e. The molecule has 0 saturated carbocycles. The molecule has 4 aromatic rings. The van der Waals surface area contributed by atoms with Gasteiger partial charge in [0.15, 0.2) is 6.29 Å². The minimum absolute atomic E-state index is 0.249. The molecule has 0 fully saturated rings. The van der Waals surface area contributed by atoms with Crippen molar-refractivity contribution < 1.29 is 20.1 Å². The van der Waals surface area contributed by atoms with Gasteiger partial charge in [0.25, 0.3) is 0 Å². The highest BCUT2D eigenvalue weighted by molar-refractivity contribution is 7.13. The first kappa shape index (κ1) is 28.6. The zero-order chi connectivity index (χ0) is 25.3. The van der Waals surface area contributed by atoms with Crippen LogP contribution in [-0.4, -0.2) is 34.4 Å². The standard InChI is InChI=1S/C12H11NOS.C6H7NO.C6H6OS.C2H6O/c1-9-2-7-12(15-9)8-13-10-3-5-11(14)6-4-10;7-5-1-3-6(8)4-2-5;1-5-2-3-6(4-7)8-5;1-2-3/h2-8,14H,1H3;1-4,8H,7H2;2-4H,1H3;3H,2H2,1H3. The number of carbonyl (C=O) groups is 1. The number of thiophene rings is 2. The van der Waals surface area contributed by atoms with Crippen molar-refractivity contribution >= 4 is 46.5 Å². The van der Waals surface area contributed by atoms with Gasteiger partial charge in [-0.15, -0.1) is 22.7 Å². The lowest BCUT2D eigenvalue weighted by Gasteiger charge is -1.92. The fourth-order valence-corrected chi connectivity index (χ4v) is 3.63. The molecular formula is C26H30N2O4S2. The van der Waals surface area contributed by atoms with E-state index < -0.39 is 0 Å². The Bertz CT molecular complexity index is 1100. The summed E-state index contributed by atoms with van der Waals surface area (Å²) in [5, 5.41) is 25.4. The van der Waals surface area contributed by atoms with Crippen molar-refractivity contribution in [3.8, 4) is 11.5 Å². The number of carbonyl (C=O) groups excluding carboxylic acids is 1. The number of hydrogen-bond acceptors (Lipinski definition) is 8. The molecule has 0 radical (unpaired) electrons. The van der Waals surface area contributed by atoms with E-state index in [4.69, 9.17) is 21.1 Å². The maximum Gasteiger partial charge on any atom is 0.160 e. The molecule has 2 aromatic heterocycles. The van der Waals surface area contributed by atoms with Gasteiger partial charge in [-0.3, -0.25) is 9.79 Å². The molecule has 4 rings (SSSR count). The normalized spacial score (nSPS) is 9.65. The first-order valence-corrected chi connectivity index (χ1v) is 12.0. The molecule has 6 nitrogen and oxygen atoms in total. The zero-order valence-electron chi connectivity index (χ0n) is 19.4. The monoisotopic (exact) mass is 498 g/mol. The van der Waals surface area contributed by atoms with E-state index >= 15 is 0 Å². The number of aromatic hydroxyl groups is 2. The van der Waals surface area contributed by atoms with Gasteiger partial charge in [0.2, 0.25) is 0 Å². The molecule has 5 N–H and O–H groups in total. The molecule has 0 amide bonds. The lowest BCUT2D eigenvalue weighted by molar-refractivity contribution is 0.112. The van der Waals surface area contributed by atoms with Gasteiger partial charge in [0, 0.05) is 33.1 Å².